The molecule has 4 nitrogen and oxygen atoms in total. The van der Waals surface area contributed by atoms with E-state index in [1.807, 2.05) is 0 Å². The number of H-pyrrole nitrogens is 1. The number of carboxylic acid groups (broad SMARTS) is 1. The molecule has 2 N–H and O–H groups in total. The van der Waals surface area contributed by atoms with E-state index in [1.54, 1.807) is 19.1 Å². The highest BCUT2D eigenvalue weighted by Crippen LogP contribution is 2.23. The number of aromatic amines is 1. The zero-order chi connectivity index (χ0) is 11.7. The van der Waals surface area contributed by atoms with Gasteiger partial charge < -0.3 is 5.11 Å². The lowest BCUT2D eigenvalue weighted by Crippen LogP contribution is -1.97. The van der Waals surface area contributed by atoms with E-state index in [0.717, 1.165) is 0 Å². The zero-order valence-electron chi connectivity index (χ0n) is 8.49. The maximum atomic E-state index is 13.3. The van der Waals surface area contributed by atoms with Crippen LogP contribution in [-0.4, -0.2) is 21.3 Å². The van der Waals surface area contributed by atoms with Crippen LogP contribution in [0.2, 0.25) is 0 Å². The minimum Gasteiger partial charge on any atom is -0.478 e. The van der Waals surface area contributed by atoms with Gasteiger partial charge in [-0.25, -0.2) is 9.18 Å². The van der Waals surface area contributed by atoms with Crippen molar-refractivity contribution in [3.05, 3.63) is 41.3 Å². The lowest BCUT2D eigenvalue weighted by Gasteiger charge is -2.02. The standard InChI is InChI=1S/C11H9FN2O2/c1-6-2-3-7(4-9(6)12)10-8(11(15)16)5-13-14-10/h2-5H,1H3,(H,13,14)(H,15,16). The molecule has 0 aliphatic carbocycles. The summed E-state index contributed by atoms with van der Waals surface area (Å²) >= 11 is 0. The molecular formula is C11H9FN2O2. The number of benzene rings is 1. The first-order chi connectivity index (χ1) is 7.59. The molecule has 82 valence electrons. The van der Waals surface area contributed by atoms with Crippen molar-refractivity contribution in [1.29, 1.82) is 0 Å². The fraction of sp³-hybridized carbons (Fsp3) is 0.0909. The third kappa shape index (κ3) is 1.67. The molecule has 0 saturated heterocycles. The molecule has 0 amide bonds. The van der Waals surface area contributed by atoms with Crippen molar-refractivity contribution < 1.29 is 14.3 Å². The number of nitrogens with one attached hydrogen (secondary N) is 1. The molecule has 2 aromatic rings. The highest BCUT2D eigenvalue weighted by atomic mass is 19.1. The van der Waals surface area contributed by atoms with Crippen LogP contribution in [0.4, 0.5) is 4.39 Å². The average molecular weight is 220 g/mol. The van der Waals surface area contributed by atoms with Crippen molar-refractivity contribution in [2.24, 2.45) is 0 Å². The van der Waals surface area contributed by atoms with Crippen molar-refractivity contribution in [1.82, 2.24) is 10.2 Å². The van der Waals surface area contributed by atoms with Crippen LogP contribution in [0.5, 0.6) is 0 Å². The number of carbonyl (C=O) groups is 1. The highest BCUT2D eigenvalue weighted by Gasteiger charge is 2.14. The molecule has 0 radical (unpaired) electrons. The summed E-state index contributed by atoms with van der Waals surface area (Å²) in [5, 5.41) is 15.1. The van der Waals surface area contributed by atoms with E-state index >= 15 is 0 Å². The summed E-state index contributed by atoms with van der Waals surface area (Å²) in [6, 6.07) is 4.53. The van der Waals surface area contributed by atoms with E-state index in [0.29, 0.717) is 16.8 Å². The lowest BCUT2D eigenvalue weighted by atomic mass is 10.1. The van der Waals surface area contributed by atoms with E-state index in [-0.39, 0.29) is 11.4 Å². The first kappa shape index (κ1) is 10.4. The number of aromatic carboxylic acids is 1. The molecule has 0 unspecified atom stereocenters. The van der Waals surface area contributed by atoms with Crippen molar-refractivity contribution in [3.63, 3.8) is 0 Å². The first-order valence-corrected chi connectivity index (χ1v) is 4.63. The van der Waals surface area contributed by atoms with E-state index in [2.05, 4.69) is 10.2 Å². The maximum absolute atomic E-state index is 13.3. The molecule has 2 rings (SSSR count). The third-order valence-corrected chi connectivity index (χ3v) is 2.33. The average Bonchev–Trinajstić information content (AvgIpc) is 2.71. The molecule has 0 spiro atoms. The molecule has 0 aliphatic heterocycles. The summed E-state index contributed by atoms with van der Waals surface area (Å²) in [7, 11) is 0. The van der Waals surface area contributed by atoms with Crippen LogP contribution < -0.4 is 0 Å². The van der Waals surface area contributed by atoms with Gasteiger partial charge in [-0.05, 0) is 18.6 Å². The normalized spacial score (nSPS) is 10.4. The molecule has 0 aliphatic rings. The second kappa shape index (κ2) is 3.77. The van der Waals surface area contributed by atoms with Crippen molar-refractivity contribution in [2.75, 3.05) is 0 Å². The Morgan fingerprint density at radius 2 is 2.25 bits per heavy atom. The molecule has 0 bridgehead atoms. The molecule has 1 heterocycles. The van der Waals surface area contributed by atoms with Crippen LogP contribution in [-0.2, 0) is 0 Å². The van der Waals surface area contributed by atoms with Gasteiger partial charge in [-0.15, -0.1) is 0 Å². The Labute approximate surface area is 90.7 Å². The van der Waals surface area contributed by atoms with Crippen LogP contribution in [0.3, 0.4) is 0 Å². The zero-order valence-corrected chi connectivity index (χ0v) is 8.49. The second-order valence-corrected chi connectivity index (χ2v) is 3.43. The van der Waals surface area contributed by atoms with Gasteiger partial charge in [0.15, 0.2) is 0 Å². The molecule has 0 saturated carbocycles. The Morgan fingerprint density at radius 3 is 2.88 bits per heavy atom. The number of aryl methyl sites for hydroxylation is 1. The predicted octanol–water partition coefficient (Wildman–Crippen LogP) is 2.22. The van der Waals surface area contributed by atoms with E-state index < -0.39 is 5.97 Å². The van der Waals surface area contributed by atoms with E-state index in [4.69, 9.17) is 5.11 Å². The van der Waals surface area contributed by atoms with Crippen LogP contribution in [0.15, 0.2) is 24.4 Å². The minimum absolute atomic E-state index is 0.0308. The van der Waals surface area contributed by atoms with Gasteiger partial charge in [0.05, 0.1) is 11.9 Å². The van der Waals surface area contributed by atoms with Gasteiger partial charge in [0, 0.05) is 5.56 Å². The number of rotatable bonds is 2. The van der Waals surface area contributed by atoms with Gasteiger partial charge in [0.25, 0.3) is 0 Å². The maximum Gasteiger partial charge on any atom is 0.339 e. The number of aromatic nitrogens is 2. The van der Waals surface area contributed by atoms with Crippen LogP contribution in [0, 0.1) is 12.7 Å². The Balaban J connectivity index is 2.54. The number of carboxylic acids is 1. The van der Waals surface area contributed by atoms with Crippen molar-refractivity contribution in [3.8, 4) is 11.3 Å². The molecule has 1 aromatic heterocycles. The van der Waals surface area contributed by atoms with Gasteiger partial charge in [0.1, 0.15) is 11.4 Å². The Hall–Kier alpha value is -2.17. The van der Waals surface area contributed by atoms with Gasteiger partial charge in [-0.1, -0.05) is 12.1 Å². The van der Waals surface area contributed by atoms with Gasteiger partial charge in [-0.3, -0.25) is 5.10 Å². The SMILES string of the molecule is Cc1ccc(-c2[nH]ncc2C(=O)O)cc1F. The fourth-order valence-electron chi connectivity index (χ4n) is 1.42. The van der Waals surface area contributed by atoms with Crippen molar-refractivity contribution in [2.45, 2.75) is 6.92 Å². The van der Waals surface area contributed by atoms with E-state index in [1.165, 1.54) is 12.3 Å². The van der Waals surface area contributed by atoms with E-state index in [9.17, 15) is 9.18 Å². The second-order valence-electron chi connectivity index (χ2n) is 3.43. The third-order valence-electron chi connectivity index (χ3n) is 2.33. The molecule has 0 atom stereocenters. The number of hydrogen-bond acceptors (Lipinski definition) is 2. The summed E-state index contributed by atoms with van der Waals surface area (Å²) in [5.41, 5.74) is 1.33. The monoisotopic (exact) mass is 220 g/mol. The quantitative estimate of drug-likeness (QED) is 0.815. The largest absolute Gasteiger partial charge is 0.478 e. The smallest absolute Gasteiger partial charge is 0.339 e. The predicted molar refractivity (Wildman–Crippen MR) is 55.7 cm³/mol. The number of nitrogens with zero attached hydrogens (tertiary/aromatic N) is 1. The molecule has 0 fully saturated rings. The number of halogens is 1. The Bertz CT molecular complexity index is 549. The summed E-state index contributed by atoms with van der Waals surface area (Å²) in [6.07, 6.45) is 1.20. The fourth-order valence-corrected chi connectivity index (χ4v) is 1.42. The highest BCUT2D eigenvalue weighted by molar-refractivity contribution is 5.94. The first-order valence-electron chi connectivity index (χ1n) is 4.63. The van der Waals surface area contributed by atoms with Crippen molar-refractivity contribution >= 4 is 5.97 Å². The molecular weight excluding hydrogens is 211 g/mol. The van der Waals surface area contributed by atoms with Gasteiger partial charge >= 0.3 is 5.97 Å². The molecule has 1 aromatic carbocycles. The van der Waals surface area contributed by atoms with Crippen LogP contribution in [0.1, 0.15) is 15.9 Å². The van der Waals surface area contributed by atoms with Crippen LogP contribution in [0.25, 0.3) is 11.3 Å². The molecule has 16 heavy (non-hydrogen) atoms. The summed E-state index contributed by atoms with van der Waals surface area (Å²) in [5.74, 6) is -1.46. The summed E-state index contributed by atoms with van der Waals surface area (Å²) in [6.45, 7) is 1.64. The topological polar surface area (TPSA) is 66.0 Å². The molecule has 5 heteroatoms. The lowest BCUT2D eigenvalue weighted by molar-refractivity contribution is 0.0698. The summed E-state index contributed by atoms with van der Waals surface area (Å²) in [4.78, 5) is 10.9. The summed E-state index contributed by atoms with van der Waals surface area (Å²) < 4.78 is 13.3. The Kier molecular flexibility index (Phi) is 2.44. The van der Waals surface area contributed by atoms with Crippen LogP contribution >= 0.6 is 0 Å². The minimum atomic E-state index is -1.09. The number of hydrogen-bond donors (Lipinski definition) is 2. The Morgan fingerprint density at radius 1 is 1.50 bits per heavy atom. The van der Waals surface area contributed by atoms with Gasteiger partial charge in [-0.2, -0.15) is 5.10 Å². The van der Waals surface area contributed by atoms with Gasteiger partial charge in [0.2, 0.25) is 0 Å².